The van der Waals surface area contributed by atoms with Crippen molar-refractivity contribution in [2.45, 2.75) is 0 Å². The van der Waals surface area contributed by atoms with E-state index in [0.717, 1.165) is 16.3 Å². The molecule has 0 saturated heterocycles. The molecule has 98 valence electrons. The predicted octanol–water partition coefficient (Wildman–Crippen LogP) is 2.24. The fourth-order valence-corrected chi connectivity index (χ4v) is 2.69. The molecule has 0 radical (unpaired) electrons. The van der Waals surface area contributed by atoms with Crippen LogP contribution in [0.15, 0.2) is 24.4 Å². The van der Waals surface area contributed by atoms with Gasteiger partial charge in [0.25, 0.3) is 5.91 Å². The Bertz CT molecular complexity index is 637. The van der Waals surface area contributed by atoms with Crippen molar-refractivity contribution in [3.63, 3.8) is 0 Å². The summed E-state index contributed by atoms with van der Waals surface area (Å²) in [7, 11) is 3.45. The molecule has 1 aliphatic heterocycles. The normalized spacial score (nSPS) is 12.5. The van der Waals surface area contributed by atoms with Gasteiger partial charge in [-0.1, -0.05) is 0 Å². The van der Waals surface area contributed by atoms with Crippen LogP contribution in [0.25, 0.3) is 10.6 Å². The summed E-state index contributed by atoms with van der Waals surface area (Å²) in [5.74, 6) is 1.42. The van der Waals surface area contributed by atoms with Crippen molar-refractivity contribution < 1.29 is 14.3 Å². The zero-order chi connectivity index (χ0) is 13.4. The Balaban J connectivity index is 1.93. The lowest BCUT2D eigenvalue weighted by Gasteiger charge is -2.06. The molecule has 1 aliphatic rings. The van der Waals surface area contributed by atoms with Gasteiger partial charge in [0.05, 0.1) is 6.20 Å². The largest absolute Gasteiger partial charge is 0.454 e. The summed E-state index contributed by atoms with van der Waals surface area (Å²) in [6.07, 6.45) is 1.60. The minimum Gasteiger partial charge on any atom is -0.454 e. The van der Waals surface area contributed by atoms with Crippen molar-refractivity contribution in [3.8, 4) is 22.1 Å². The average molecular weight is 276 g/mol. The summed E-state index contributed by atoms with van der Waals surface area (Å²) in [5, 5.41) is 0.795. The molecule has 5 nitrogen and oxygen atoms in total. The van der Waals surface area contributed by atoms with Crippen LogP contribution in [0.1, 0.15) is 9.67 Å². The zero-order valence-corrected chi connectivity index (χ0v) is 11.4. The number of ether oxygens (including phenoxy) is 2. The van der Waals surface area contributed by atoms with Gasteiger partial charge in [0.1, 0.15) is 9.88 Å². The Kier molecular flexibility index (Phi) is 2.87. The maximum Gasteiger partial charge on any atom is 0.265 e. The van der Waals surface area contributed by atoms with Gasteiger partial charge in [0.15, 0.2) is 11.5 Å². The minimum atomic E-state index is -0.0375. The molecule has 0 unspecified atom stereocenters. The van der Waals surface area contributed by atoms with E-state index in [0.29, 0.717) is 10.6 Å². The lowest BCUT2D eigenvalue weighted by Crippen LogP contribution is -2.20. The summed E-state index contributed by atoms with van der Waals surface area (Å²) in [5.41, 5.74) is 0.923. The van der Waals surface area contributed by atoms with E-state index in [2.05, 4.69) is 4.98 Å². The molecule has 0 N–H and O–H groups in total. The average Bonchev–Trinajstić information content (AvgIpc) is 3.05. The van der Waals surface area contributed by atoms with Crippen LogP contribution in [0.4, 0.5) is 0 Å². The van der Waals surface area contributed by atoms with Gasteiger partial charge in [-0.15, -0.1) is 11.3 Å². The molecule has 0 saturated carbocycles. The number of aromatic nitrogens is 1. The molecule has 19 heavy (non-hydrogen) atoms. The minimum absolute atomic E-state index is 0.0375. The first-order chi connectivity index (χ1) is 9.15. The number of carbonyl (C=O) groups excluding carboxylic acids is 1. The first-order valence-electron chi connectivity index (χ1n) is 5.72. The van der Waals surface area contributed by atoms with Crippen LogP contribution in [0.5, 0.6) is 11.5 Å². The Labute approximate surface area is 114 Å². The van der Waals surface area contributed by atoms with E-state index in [-0.39, 0.29) is 12.7 Å². The van der Waals surface area contributed by atoms with E-state index < -0.39 is 0 Å². The third kappa shape index (κ3) is 2.15. The van der Waals surface area contributed by atoms with Crippen molar-refractivity contribution in [2.24, 2.45) is 0 Å². The molecule has 3 rings (SSSR count). The number of hydrogen-bond acceptors (Lipinski definition) is 5. The van der Waals surface area contributed by atoms with Gasteiger partial charge in [-0.05, 0) is 18.2 Å². The van der Waals surface area contributed by atoms with E-state index in [1.807, 2.05) is 18.2 Å². The second-order valence-electron chi connectivity index (χ2n) is 4.30. The van der Waals surface area contributed by atoms with Gasteiger partial charge >= 0.3 is 0 Å². The second-order valence-corrected chi connectivity index (χ2v) is 5.33. The van der Waals surface area contributed by atoms with E-state index >= 15 is 0 Å². The third-order valence-electron chi connectivity index (χ3n) is 2.74. The fourth-order valence-electron chi connectivity index (χ4n) is 1.76. The first kappa shape index (κ1) is 12.0. The number of nitrogens with zero attached hydrogens (tertiary/aromatic N) is 2. The van der Waals surface area contributed by atoms with E-state index in [1.54, 1.807) is 20.3 Å². The summed E-state index contributed by atoms with van der Waals surface area (Å²) < 4.78 is 10.6. The maximum atomic E-state index is 11.8. The molecule has 0 fully saturated rings. The van der Waals surface area contributed by atoms with Crippen LogP contribution in [0, 0.1) is 0 Å². The number of fused-ring (bicyclic) bond motifs is 1. The number of hydrogen-bond donors (Lipinski definition) is 0. The van der Waals surface area contributed by atoms with Gasteiger partial charge in [-0.2, -0.15) is 0 Å². The van der Waals surface area contributed by atoms with Gasteiger partial charge in [-0.3, -0.25) is 4.79 Å². The third-order valence-corrected chi connectivity index (χ3v) is 3.78. The Morgan fingerprint density at radius 1 is 1.32 bits per heavy atom. The van der Waals surface area contributed by atoms with Crippen molar-refractivity contribution in [3.05, 3.63) is 29.3 Å². The van der Waals surface area contributed by atoms with Crippen molar-refractivity contribution in [2.75, 3.05) is 20.9 Å². The quantitative estimate of drug-likeness (QED) is 0.844. The van der Waals surface area contributed by atoms with E-state index in [4.69, 9.17) is 9.47 Å². The van der Waals surface area contributed by atoms with Gasteiger partial charge in [0, 0.05) is 19.7 Å². The first-order valence-corrected chi connectivity index (χ1v) is 6.54. The molecule has 1 aromatic heterocycles. The lowest BCUT2D eigenvalue weighted by atomic mass is 10.2. The molecule has 1 aromatic carbocycles. The fraction of sp³-hybridized carbons (Fsp3) is 0.231. The number of carbonyl (C=O) groups is 1. The van der Waals surface area contributed by atoms with E-state index in [1.165, 1.54) is 16.2 Å². The van der Waals surface area contributed by atoms with Crippen molar-refractivity contribution >= 4 is 17.2 Å². The number of thiazole rings is 1. The second kappa shape index (κ2) is 4.55. The summed E-state index contributed by atoms with van der Waals surface area (Å²) in [6.45, 7) is 0.251. The van der Waals surface area contributed by atoms with Crippen LogP contribution in [-0.4, -0.2) is 36.7 Å². The summed E-state index contributed by atoms with van der Waals surface area (Å²) >= 11 is 1.37. The topological polar surface area (TPSA) is 51.7 Å². The van der Waals surface area contributed by atoms with Crippen LogP contribution >= 0.6 is 11.3 Å². The molecule has 6 heteroatoms. The molecule has 0 atom stereocenters. The standard InChI is InChI=1S/C13H12N2O3S/c1-15(2)13(16)11-6-14-12(19-11)8-3-4-9-10(5-8)18-7-17-9/h3-6H,7H2,1-2H3. The van der Waals surface area contributed by atoms with Gasteiger partial charge in [0.2, 0.25) is 6.79 Å². The molecule has 2 aromatic rings. The monoisotopic (exact) mass is 276 g/mol. The molecule has 0 bridgehead atoms. The predicted molar refractivity (Wildman–Crippen MR) is 71.7 cm³/mol. The zero-order valence-electron chi connectivity index (χ0n) is 10.5. The molecule has 0 aliphatic carbocycles. The van der Waals surface area contributed by atoms with Gasteiger partial charge in [-0.25, -0.2) is 4.98 Å². The summed E-state index contributed by atoms with van der Waals surface area (Å²) in [4.78, 5) is 18.3. The number of benzene rings is 1. The highest BCUT2D eigenvalue weighted by Crippen LogP contribution is 2.37. The van der Waals surface area contributed by atoms with Crippen molar-refractivity contribution in [1.82, 2.24) is 9.88 Å². The van der Waals surface area contributed by atoms with Gasteiger partial charge < -0.3 is 14.4 Å². The van der Waals surface area contributed by atoms with Crippen LogP contribution in [0.2, 0.25) is 0 Å². The van der Waals surface area contributed by atoms with E-state index in [9.17, 15) is 4.79 Å². The molecular weight excluding hydrogens is 264 g/mol. The molecule has 2 heterocycles. The Morgan fingerprint density at radius 2 is 2.11 bits per heavy atom. The Morgan fingerprint density at radius 3 is 2.89 bits per heavy atom. The lowest BCUT2D eigenvalue weighted by molar-refractivity contribution is 0.0832. The maximum absolute atomic E-state index is 11.8. The van der Waals surface area contributed by atoms with Crippen molar-refractivity contribution in [1.29, 1.82) is 0 Å². The number of amides is 1. The van der Waals surface area contributed by atoms with Crippen LogP contribution < -0.4 is 9.47 Å². The molecule has 1 amide bonds. The highest BCUT2D eigenvalue weighted by atomic mass is 32.1. The number of rotatable bonds is 2. The highest BCUT2D eigenvalue weighted by Gasteiger charge is 2.17. The molecule has 0 spiro atoms. The smallest absolute Gasteiger partial charge is 0.265 e. The SMILES string of the molecule is CN(C)C(=O)c1cnc(-c2ccc3c(c2)OCO3)s1. The van der Waals surface area contributed by atoms with Crippen LogP contribution in [-0.2, 0) is 0 Å². The highest BCUT2D eigenvalue weighted by molar-refractivity contribution is 7.16. The Hall–Kier alpha value is -2.08. The summed E-state index contributed by atoms with van der Waals surface area (Å²) in [6, 6.07) is 5.65. The molecular formula is C13H12N2O3S. The van der Waals surface area contributed by atoms with Crippen LogP contribution in [0.3, 0.4) is 0 Å².